The average molecular weight is 306 g/mol. The van der Waals surface area contributed by atoms with Gasteiger partial charge < -0.3 is 14.8 Å². The molecule has 1 saturated heterocycles. The molecule has 2 aromatic rings. The Balaban J connectivity index is 2.02. The number of benzene rings is 1. The first kappa shape index (κ1) is 14.4. The van der Waals surface area contributed by atoms with Gasteiger partial charge in [-0.25, -0.2) is 9.78 Å². The number of esters is 1. The van der Waals surface area contributed by atoms with Gasteiger partial charge in [0.15, 0.2) is 0 Å². The van der Waals surface area contributed by atoms with Crippen molar-refractivity contribution in [2.24, 2.45) is 0 Å². The Morgan fingerprint density at radius 2 is 2.10 bits per heavy atom. The number of methoxy groups -OCH3 is 2. The van der Waals surface area contributed by atoms with E-state index in [9.17, 15) is 4.79 Å². The molecule has 1 aromatic carbocycles. The van der Waals surface area contributed by atoms with E-state index in [2.05, 4.69) is 5.32 Å². The van der Waals surface area contributed by atoms with Gasteiger partial charge in [-0.1, -0.05) is 0 Å². The summed E-state index contributed by atoms with van der Waals surface area (Å²) in [7, 11) is 3.14. The normalized spacial score (nSPS) is 17.8. The molecule has 0 spiro atoms. The SMILES string of the molecule is COC(=O)c1ccc2nc(C3(OC)CCNCC3)sc2c1. The van der Waals surface area contributed by atoms with Crippen molar-refractivity contribution in [3.05, 3.63) is 28.8 Å². The number of thiazole rings is 1. The molecule has 1 fully saturated rings. The van der Waals surface area contributed by atoms with Crippen LogP contribution in [0.15, 0.2) is 18.2 Å². The van der Waals surface area contributed by atoms with Crippen molar-refractivity contribution < 1.29 is 14.3 Å². The molecule has 5 nitrogen and oxygen atoms in total. The summed E-state index contributed by atoms with van der Waals surface area (Å²) in [6.07, 6.45) is 1.82. The number of carbonyl (C=O) groups excluding carboxylic acids is 1. The number of hydrogen-bond donors (Lipinski definition) is 1. The number of rotatable bonds is 3. The fourth-order valence-corrected chi connectivity index (χ4v) is 3.93. The van der Waals surface area contributed by atoms with Crippen LogP contribution in [0.25, 0.3) is 10.2 Å². The van der Waals surface area contributed by atoms with E-state index >= 15 is 0 Å². The second kappa shape index (κ2) is 5.71. The Morgan fingerprint density at radius 3 is 2.76 bits per heavy atom. The monoisotopic (exact) mass is 306 g/mol. The quantitative estimate of drug-likeness (QED) is 0.882. The molecule has 0 saturated carbocycles. The summed E-state index contributed by atoms with van der Waals surface area (Å²) in [5.74, 6) is -0.324. The number of carbonyl (C=O) groups is 1. The maximum atomic E-state index is 11.6. The molecular weight excluding hydrogens is 288 g/mol. The van der Waals surface area contributed by atoms with Crippen molar-refractivity contribution in [2.45, 2.75) is 18.4 Å². The number of nitrogens with zero attached hydrogens (tertiary/aromatic N) is 1. The Morgan fingerprint density at radius 1 is 1.33 bits per heavy atom. The van der Waals surface area contributed by atoms with E-state index in [1.54, 1.807) is 24.5 Å². The Labute approximate surface area is 127 Å². The van der Waals surface area contributed by atoms with Gasteiger partial charge in [-0.2, -0.15) is 0 Å². The highest BCUT2D eigenvalue weighted by Crippen LogP contribution is 2.38. The summed E-state index contributed by atoms with van der Waals surface area (Å²) >= 11 is 1.60. The zero-order valence-corrected chi connectivity index (χ0v) is 13.0. The first-order valence-electron chi connectivity index (χ1n) is 6.94. The van der Waals surface area contributed by atoms with Gasteiger partial charge in [-0.15, -0.1) is 11.3 Å². The second-order valence-electron chi connectivity index (χ2n) is 5.14. The van der Waals surface area contributed by atoms with Crippen LogP contribution < -0.4 is 5.32 Å². The van der Waals surface area contributed by atoms with E-state index < -0.39 is 0 Å². The highest BCUT2D eigenvalue weighted by Gasteiger charge is 2.36. The van der Waals surface area contributed by atoms with Crippen molar-refractivity contribution in [1.82, 2.24) is 10.3 Å². The van der Waals surface area contributed by atoms with Crippen LogP contribution in [0.2, 0.25) is 0 Å². The second-order valence-corrected chi connectivity index (χ2v) is 6.17. The standard InChI is InChI=1S/C15H18N2O3S/c1-19-13(18)10-3-4-11-12(9-10)21-14(17-11)15(20-2)5-7-16-8-6-15/h3-4,9,16H,5-8H2,1-2H3. The predicted octanol–water partition coefficient (Wildman–Crippen LogP) is 2.31. The van der Waals surface area contributed by atoms with Crippen molar-refractivity contribution in [3.63, 3.8) is 0 Å². The summed E-state index contributed by atoms with van der Waals surface area (Å²) in [4.78, 5) is 16.3. The number of piperidine rings is 1. The third-order valence-electron chi connectivity index (χ3n) is 4.00. The first-order chi connectivity index (χ1) is 10.2. The molecule has 112 valence electrons. The van der Waals surface area contributed by atoms with E-state index in [0.29, 0.717) is 5.56 Å². The third-order valence-corrected chi connectivity index (χ3v) is 5.20. The van der Waals surface area contributed by atoms with Gasteiger partial charge in [0, 0.05) is 7.11 Å². The molecule has 1 aliphatic heterocycles. The number of ether oxygens (including phenoxy) is 2. The summed E-state index contributed by atoms with van der Waals surface area (Å²) in [5.41, 5.74) is 1.15. The first-order valence-corrected chi connectivity index (χ1v) is 7.75. The van der Waals surface area contributed by atoms with Gasteiger partial charge in [0.1, 0.15) is 10.6 Å². The number of nitrogens with one attached hydrogen (secondary N) is 1. The number of hydrogen-bond acceptors (Lipinski definition) is 6. The number of fused-ring (bicyclic) bond motifs is 1. The van der Waals surface area contributed by atoms with Crippen LogP contribution in [0.5, 0.6) is 0 Å². The van der Waals surface area contributed by atoms with Crippen LogP contribution in [0.1, 0.15) is 28.2 Å². The van der Waals surface area contributed by atoms with E-state index in [-0.39, 0.29) is 11.6 Å². The lowest BCUT2D eigenvalue weighted by Gasteiger charge is -2.34. The lowest BCUT2D eigenvalue weighted by Crippen LogP contribution is -2.41. The largest absolute Gasteiger partial charge is 0.465 e. The van der Waals surface area contributed by atoms with Gasteiger partial charge in [-0.05, 0) is 44.1 Å². The maximum Gasteiger partial charge on any atom is 0.337 e. The summed E-state index contributed by atoms with van der Waals surface area (Å²) in [5, 5.41) is 4.33. The molecule has 0 radical (unpaired) electrons. The molecule has 1 aromatic heterocycles. The zero-order valence-electron chi connectivity index (χ0n) is 12.1. The van der Waals surface area contributed by atoms with E-state index in [0.717, 1.165) is 41.2 Å². The summed E-state index contributed by atoms with van der Waals surface area (Å²) in [6.45, 7) is 1.86. The lowest BCUT2D eigenvalue weighted by molar-refractivity contribution is -0.0391. The smallest absolute Gasteiger partial charge is 0.337 e. The fraction of sp³-hybridized carbons (Fsp3) is 0.467. The topological polar surface area (TPSA) is 60.5 Å². The van der Waals surface area contributed by atoms with Crippen molar-refractivity contribution in [3.8, 4) is 0 Å². The van der Waals surface area contributed by atoms with E-state index in [1.165, 1.54) is 7.11 Å². The predicted molar refractivity (Wildman–Crippen MR) is 81.8 cm³/mol. The molecule has 21 heavy (non-hydrogen) atoms. The van der Waals surface area contributed by atoms with Crippen molar-refractivity contribution in [1.29, 1.82) is 0 Å². The van der Waals surface area contributed by atoms with E-state index in [1.807, 2.05) is 12.1 Å². The van der Waals surface area contributed by atoms with Crippen LogP contribution in [-0.4, -0.2) is 38.3 Å². The fourth-order valence-electron chi connectivity index (χ4n) is 2.70. The van der Waals surface area contributed by atoms with Gasteiger partial charge >= 0.3 is 5.97 Å². The molecule has 1 N–H and O–H groups in total. The molecule has 6 heteroatoms. The van der Waals surface area contributed by atoms with E-state index in [4.69, 9.17) is 14.5 Å². The minimum absolute atomic E-state index is 0.305. The van der Waals surface area contributed by atoms with Crippen LogP contribution in [0.3, 0.4) is 0 Å². The summed E-state index contributed by atoms with van der Waals surface area (Å²) < 4.78 is 11.6. The van der Waals surface area contributed by atoms with Crippen molar-refractivity contribution in [2.75, 3.05) is 27.3 Å². The Hall–Kier alpha value is -1.50. The molecular formula is C15H18N2O3S. The van der Waals surface area contributed by atoms with Crippen LogP contribution in [0.4, 0.5) is 0 Å². The Bertz CT molecular complexity index is 662. The molecule has 0 aliphatic carbocycles. The molecule has 1 aliphatic rings. The highest BCUT2D eigenvalue weighted by molar-refractivity contribution is 7.18. The maximum absolute atomic E-state index is 11.6. The van der Waals surface area contributed by atoms with Gasteiger partial charge in [0.25, 0.3) is 0 Å². The minimum atomic E-state index is -0.324. The number of aromatic nitrogens is 1. The Kier molecular flexibility index (Phi) is 3.93. The summed E-state index contributed by atoms with van der Waals surface area (Å²) in [6, 6.07) is 5.46. The highest BCUT2D eigenvalue weighted by atomic mass is 32.1. The molecule has 2 heterocycles. The zero-order chi connectivity index (χ0) is 14.9. The average Bonchev–Trinajstić information content (AvgIpc) is 2.98. The van der Waals surface area contributed by atoms with Crippen LogP contribution >= 0.6 is 11.3 Å². The van der Waals surface area contributed by atoms with Crippen LogP contribution in [-0.2, 0) is 15.1 Å². The minimum Gasteiger partial charge on any atom is -0.465 e. The van der Waals surface area contributed by atoms with Crippen molar-refractivity contribution >= 4 is 27.5 Å². The lowest BCUT2D eigenvalue weighted by atomic mass is 9.93. The third kappa shape index (κ3) is 2.54. The van der Waals surface area contributed by atoms with Gasteiger partial charge in [0.2, 0.25) is 0 Å². The molecule has 3 rings (SSSR count). The molecule has 0 amide bonds. The molecule has 0 unspecified atom stereocenters. The molecule has 0 bridgehead atoms. The van der Waals surface area contributed by atoms with Crippen LogP contribution in [0, 0.1) is 0 Å². The van der Waals surface area contributed by atoms with Gasteiger partial charge in [0.05, 0.1) is 22.9 Å². The van der Waals surface area contributed by atoms with Gasteiger partial charge in [-0.3, -0.25) is 0 Å². The molecule has 0 atom stereocenters.